The molecule has 0 saturated carbocycles. The second-order valence-corrected chi connectivity index (χ2v) is 7.97. The van der Waals surface area contributed by atoms with Gasteiger partial charge < -0.3 is 4.74 Å². The van der Waals surface area contributed by atoms with Gasteiger partial charge in [-0.05, 0) is 48.0 Å². The Hall–Kier alpha value is -0.810. The van der Waals surface area contributed by atoms with Gasteiger partial charge >= 0.3 is 6.09 Å². The first kappa shape index (κ1) is 22.2. The van der Waals surface area contributed by atoms with Crippen LogP contribution in [0.3, 0.4) is 0 Å². The van der Waals surface area contributed by atoms with Gasteiger partial charge in [-0.15, -0.1) is 4.99 Å². The molecule has 0 fully saturated rings. The van der Waals surface area contributed by atoms with Crippen molar-refractivity contribution in [3.05, 3.63) is 0 Å². The zero-order chi connectivity index (χ0) is 17.9. The maximum Gasteiger partial charge on any atom is 0.436 e. The predicted molar refractivity (Wildman–Crippen MR) is 92.9 cm³/mol. The fourth-order valence-electron chi connectivity index (χ4n) is 1.84. The topological polar surface area (TPSA) is 48.0 Å². The minimum Gasteiger partial charge on any atom is -0.442 e. The molecule has 5 nitrogen and oxygen atoms in total. The molecule has 0 atom stereocenters. The quantitative estimate of drug-likeness (QED) is 0.295. The van der Waals surface area contributed by atoms with Gasteiger partial charge in [0.25, 0.3) is 0 Å². The van der Waals surface area contributed by atoms with E-state index in [0.29, 0.717) is 6.54 Å². The van der Waals surface area contributed by atoms with Crippen LogP contribution in [0.1, 0.15) is 93.4 Å². The van der Waals surface area contributed by atoms with Crippen LogP contribution in [0.25, 0.3) is 0 Å². The summed E-state index contributed by atoms with van der Waals surface area (Å²) < 4.78 is 5.36. The Balaban J connectivity index is 4.24. The number of ether oxygens (including phenoxy) is 1. The second-order valence-electron chi connectivity index (χ2n) is 7.97. The average Bonchev–Trinajstić information content (AvgIpc) is 2.37. The normalized spacial score (nSPS) is 12.3. The smallest absolute Gasteiger partial charge is 0.436 e. The lowest BCUT2D eigenvalue weighted by molar-refractivity contribution is -0.446. The molecule has 0 radical (unpaired) electrons. The maximum atomic E-state index is 12.2. The molecule has 0 aromatic rings. The molecular formula is C18H37NO4. The van der Waals surface area contributed by atoms with Crippen molar-refractivity contribution in [2.75, 3.05) is 6.54 Å². The molecule has 0 aliphatic carbocycles. The highest BCUT2D eigenvalue weighted by molar-refractivity contribution is 5.66. The zero-order valence-electron chi connectivity index (χ0n) is 16.2. The van der Waals surface area contributed by atoms with Gasteiger partial charge in [-0.1, -0.05) is 45.4 Å². The van der Waals surface area contributed by atoms with Crippen LogP contribution in [-0.2, 0) is 14.6 Å². The van der Waals surface area contributed by atoms with Crippen molar-refractivity contribution < 1.29 is 19.4 Å². The molecule has 0 heterocycles. The van der Waals surface area contributed by atoms with E-state index in [0.717, 1.165) is 12.8 Å². The molecule has 0 spiro atoms. The molecule has 1 amide bonds. The standard InChI is InChI=1S/C18H37NO4/c1-8-9-10-11-12-13-14-15-19(23-22-18(5,6)7)16(20)21-17(2,3)4/h8-15H2,1-7H3. The highest BCUT2D eigenvalue weighted by Gasteiger charge is 2.25. The number of hydrogen-bond acceptors (Lipinski definition) is 4. The summed E-state index contributed by atoms with van der Waals surface area (Å²) in [5.41, 5.74) is -1.04. The number of rotatable bonds is 10. The number of nitrogens with zero attached hydrogens (tertiary/aromatic N) is 1. The molecule has 138 valence electrons. The van der Waals surface area contributed by atoms with Gasteiger partial charge in [0.05, 0.1) is 12.1 Å². The van der Waals surface area contributed by atoms with Crippen LogP contribution in [0.4, 0.5) is 4.79 Å². The van der Waals surface area contributed by atoms with Gasteiger partial charge in [0.2, 0.25) is 0 Å². The van der Waals surface area contributed by atoms with E-state index in [-0.39, 0.29) is 0 Å². The number of carbonyl (C=O) groups is 1. The molecule has 0 unspecified atom stereocenters. The number of amides is 1. The molecule has 0 aliphatic heterocycles. The number of carbonyl (C=O) groups excluding carboxylic acids is 1. The van der Waals surface area contributed by atoms with Crippen LogP contribution in [0, 0.1) is 0 Å². The van der Waals surface area contributed by atoms with Crippen molar-refractivity contribution in [2.24, 2.45) is 0 Å². The van der Waals surface area contributed by atoms with Crippen molar-refractivity contribution in [1.29, 1.82) is 0 Å². The van der Waals surface area contributed by atoms with Crippen LogP contribution in [0.5, 0.6) is 0 Å². The van der Waals surface area contributed by atoms with E-state index in [1.807, 2.05) is 41.5 Å². The Morgan fingerprint density at radius 3 is 1.83 bits per heavy atom. The van der Waals surface area contributed by atoms with Crippen LogP contribution in [0.15, 0.2) is 0 Å². The van der Waals surface area contributed by atoms with E-state index >= 15 is 0 Å². The third-order valence-corrected chi connectivity index (χ3v) is 2.94. The third kappa shape index (κ3) is 14.5. The van der Waals surface area contributed by atoms with Gasteiger partial charge in [-0.25, -0.2) is 9.68 Å². The summed E-state index contributed by atoms with van der Waals surface area (Å²) >= 11 is 0. The molecule has 0 aliphatic rings. The lowest BCUT2D eigenvalue weighted by Crippen LogP contribution is -2.39. The van der Waals surface area contributed by atoms with Crippen molar-refractivity contribution in [3.8, 4) is 0 Å². The fourth-order valence-corrected chi connectivity index (χ4v) is 1.84. The van der Waals surface area contributed by atoms with Gasteiger partial charge in [-0.3, -0.25) is 0 Å². The van der Waals surface area contributed by atoms with Crippen LogP contribution >= 0.6 is 0 Å². The zero-order valence-corrected chi connectivity index (χ0v) is 16.2. The molecule has 0 rings (SSSR count). The summed E-state index contributed by atoms with van der Waals surface area (Å²) in [5, 5.41) is 1.18. The Morgan fingerprint density at radius 2 is 1.35 bits per heavy atom. The fraction of sp³-hybridized carbons (Fsp3) is 0.944. The Kier molecular flexibility index (Phi) is 10.5. The van der Waals surface area contributed by atoms with Crippen LogP contribution in [-0.4, -0.2) is 28.9 Å². The van der Waals surface area contributed by atoms with Gasteiger partial charge in [0.1, 0.15) is 5.60 Å². The Labute approximate surface area is 142 Å². The second kappa shape index (κ2) is 10.9. The average molecular weight is 331 g/mol. The third-order valence-electron chi connectivity index (χ3n) is 2.94. The summed E-state index contributed by atoms with van der Waals surface area (Å²) in [4.78, 5) is 22.7. The molecule has 0 aromatic heterocycles. The summed E-state index contributed by atoms with van der Waals surface area (Å²) in [6.07, 6.45) is 7.71. The lowest BCUT2D eigenvalue weighted by Gasteiger charge is -2.27. The van der Waals surface area contributed by atoms with Crippen molar-refractivity contribution in [1.82, 2.24) is 5.06 Å². The van der Waals surface area contributed by atoms with Crippen molar-refractivity contribution in [3.63, 3.8) is 0 Å². The lowest BCUT2D eigenvalue weighted by atomic mass is 10.1. The molecule has 0 bridgehead atoms. The molecular weight excluding hydrogens is 294 g/mol. The summed E-state index contributed by atoms with van der Waals surface area (Å²) in [5.74, 6) is 0. The monoisotopic (exact) mass is 331 g/mol. The van der Waals surface area contributed by atoms with Crippen LogP contribution < -0.4 is 0 Å². The van der Waals surface area contributed by atoms with Crippen molar-refractivity contribution in [2.45, 2.75) is 105 Å². The highest BCUT2D eigenvalue weighted by atomic mass is 17.3. The highest BCUT2D eigenvalue weighted by Crippen LogP contribution is 2.15. The molecule has 0 N–H and O–H groups in total. The number of hydroxylamine groups is 2. The summed E-state index contributed by atoms with van der Waals surface area (Å²) in [6, 6.07) is 0. The maximum absolute atomic E-state index is 12.2. The minimum atomic E-state index is -0.555. The minimum absolute atomic E-state index is 0.471. The van der Waals surface area contributed by atoms with E-state index < -0.39 is 17.3 Å². The van der Waals surface area contributed by atoms with Gasteiger partial charge in [0.15, 0.2) is 0 Å². The summed E-state index contributed by atoms with van der Waals surface area (Å²) in [6.45, 7) is 13.8. The van der Waals surface area contributed by atoms with Gasteiger partial charge in [0, 0.05) is 0 Å². The molecule has 23 heavy (non-hydrogen) atoms. The largest absolute Gasteiger partial charge is 0.442 e. The SMILES string of the molecule is CCCCCCCCCN(OOC(C)(C)C)C(=O)OC(C)(C)C. The first-order valence-corrected chi connectivity index (χ1v) is 8.91. The molecule has 0 saturated heterocycles. The van der Waals surface area contributed by atoms with Crippen molar-refractivity contribution >= 4 is 6.09 Å². The molecule has 0 aromatic carbocycles. The Bertz CT molecular complexity index is 318. The van der Waals surface area contributed by atoms with E-state index in [4.69, 9.17) is 14.6 Å². The first-order chi connectivity index (χ1) is 10.5. The number of unbranched alkanes of at least 4 members (excludes halogenated alkanes) is 6. The Morgan fingerprint density at radius 1 is 0.826 bits per heavy atom. The van der Waals surface area contributed by atoms with Gasteiger partial charge in [-0.2, -0.15) is 5.06 Å². The van der Waals surface area contributed by atoms with E-state index in [1.165, 1.54) is 37.2 Å². The number of hydrogen-bond donors (Lipinski definition) is 0. The van der Waals surface area contributed by atoms with E-state index in [1.54, 1.807) is 0 Å². The molecule has 5 heteroatoms. The van der Waals surface area contributed by atoms with E-state index in [2.05, 4.69) is 6.92 Å². The first-order valence-electron chi connectivity index (χ1n) is 8.91. The van der Waals surface area contributed by atoms with E-state index in [9.17, 15) is 4.79 Å². The van der Waals surface area contributed by atoms with Crippen LogP contribution in [0.2, 0.25) is 0 Å². The summed E-state index contributed by atoms with van der Waals surface area (Å²) in [7, 11) is 0. The predicted octanol–water partition coefficient (Wildman–Crippen LogP) is 5.64.